The summed E-state index contributed by atoms with van der Waals surface area (Å²) in [4.78, 5) is 13.3. The lowest BCUT2D eigenvalue weighted by molar-refractivity contribution is -0.117. The zero-order valence-electron chi connectivity index (χ0n) is 11.7. The molecule has 0 heterocycles. The van der Waals surface area contributed by atoms with Crippen LogP contribution in [0.3, 0.4) is 0 Å². The molecule has 1 aliphatic carbocycles. The molecule has 4 heteroatoms. The highest BCUT2D eigenvalue weighted by Crippen LogP contribution is 2.48. The molecule has 21 heavy (non-hydrogen) atoms. The van der Waals surface area contributed by atoms with Crippen LogP contribution in [0.2, 0.25) is 0 Å². The molecule has 0 radical (unpaired) electrons. The van der Waals surface area contributed by atoms with Crippen molar-refractivity contribution in [2.75, 3.05) is 11.6 Å². The van der Waals surface area contributed by atoms with Gasteiger partial charge in [-0.25, -0.2) is 4.39 Å². The third kappa shape index (κ3) is 3.10. The maximum Gasteiger partial charge on any atom is 0.228 e. The van der Waals surface area contributed by atoms with E-state index >= 15 is 0 Å². The Kier molecular flexibility index (Phi) is 3.97. The molecule has 2 unspecified atom stereocenters. The lowest BCUT2D eigenvalue weighted by Crippen LogP contribution is -2.14. The topological polar surface area (TPSA) is 29.1 Å². The number of halogens is 1. The second-order valence-electron chi connectivity index (χ2n) is 5.19. The van der Waals surface area contributed by atoms with Gasteiger partial charge < -0.3 is 5.32 Å². The number of thioether (sulfide) groups is 1. The van der Waals surface area contributed by atoms with Crippen molar-refractivity contribution < 1.29 is 9.18 Å². The minimum Gasteiger partial charge on any atom is -0.326 e. The van der Waals surface area contributed by atoms with Crippen LogP contribution in [0.4, 0.5) is 10.1 Å². The van der Waals surface area contributed by atoms with Gasteiger partial charge in [0.15, 0.2) is 0 Å². The number of carbonyl (C=O) groups is 1. The molecule has 1 amide bonds. The second-order valence-corrected chi connectivity index (χ2v) is 6.07. The fraction of sp³-hybridized carbons (Fsp3) is 0.235. The van der Waals surface area contributed by atoms with Crippen LogP contribution in [0.25, 0.3) is 0 Å². The first-order valence-electron chi connectivity index (χ1n) is 6.88. The predicted octanol–water partition coefficient (Wildman–Crippen LogP) is 4.29. The van der Waals surface area contributed by atoms with E-state index in [-0.39, 0.29) is 23.6 Å². The number of amides is 1. The molecule has 0 bridgehead atoms. The highest BCUT2D eigenvalue weighted by molar-refractivity contribution is 7.98. The fourth-order valence-electron chi connectivity index (χ4n) is 2.51. The molecular weight excluding hydrogens is 285 g/mol. The molecule has 1 aliphatic rings. The largest absolute Gasteiger partial charge is 0.326 e. The number of nitrogens with one attached hydrogen (secondary N) is 1. The van der Waals surface area contributed by atoms with Gasteiger partial charge in [0.2, 0.25) is 5.91 Å². The van der Waals surface area contributed by atoms with Crippen LogP contribution in [0.1, 0.15) is 17.9 Å². The first-order chi connectivity index (χ1) is 10.2. The Morgan fingerprint density at radius 1 is 1.19 bits per heavy atom. The molecule has 1 fully saturated rings. The van der Waals surface area contributed by atoms with Crippen LogP contribution >= 0.6 is 11.8 Å². The van der Waals surface area contributed by atoms with E-state index in [9.17, 15) is 9.18 Å². The first kappa shape index (κ1) is 14.1. The normalized spacial score (nSPS) is 20.1. The molecule has 0 aromatic heterocycles. The van der Waals surface area contributed by atoms with Gasteiger partial charge in [-0.05, 0) is 54.5 Å². The molecule has 2 aromatic carbocycles. The third-order valence-electron chi connectivity index (χ3n) is 3.79. The summed E-state index contributed by atoms with van der Waals surface area (Å²) in [7, 11) is 0. The molecule has 0 spiro atoms. The molecule has 108 valence electrons. The van der Waals surface area contributed by atoms with E-state index in [0.29, 0.717) is 5.56 Å². The maximum atomic E-state index is 13.7. The van der Waals surface area contributed by atoms with Crippen LogP contribution in [-0.2, 0) is 4.79 Å². The van der Waals surface area contributed by atoms with Crippen molar-refractivity contribution >= 4 is 23.4 Å². The SMILES string of the molecule is CSc1ccc(NC(=O)C2CC2c2ccccc2F)cc1. The summed E-state index contributed by atoms with van der Waals surface area (Å²) < 4.78 is 13.7. The number of benzene rings is 2. The van der Waals surface area contributed by atoms with Crippen LogP contribution < -0.4 is 5.32 Å². The summed E-state index contributed by atoms with van der Waals surface area (Å²) in [5.41, 5.74) is 1.44. The molecule has 2 atom stereocenters. The molecule has 2 nitrogen and oxygen atoms in total. The van der Waals surface area contributed by atoms with E-state index in [2.05, 4.69) is 5.32 Å². The van der Waals surface area contributed by atoms with Crippen molar-refractivity contribution in [3.63, 3.8) is 0 Å². The maximum absolute atomic E-state index is 13.7. The smallest absolute Gasteiger partial charge is 0.228 e. The minimum absolute atomic E-state index is 0.0108. The Hall–Kier alpha value is -1.81. The summed E-state index contributed by atoms with van der Waals surface area (Å²) >= 11 is 1.66. The van der Waals surface area contributed by atoms with Crippen molar-refractivity contribution in [2.24, 2.45) is 5.92 Å². The number of hydrogen-bond acceptors (Lipinski definition) is 2. The minimum atomic E-state index is -0.220. The van der Waals surface area contributed by atoms with E-state index in [4.69, 9.17) is 0 Å². The van der Waals surface area contributed by atoms with E-state index in [0.717, 1.165) is 17.0 Å². The number of hydrogen-bond donors (Lipinski definition) is 1. The van der Waals surface area contributed by atoms with Gasteiger partial charge in [-0.15, -0.1) is 11.8 Å². The molecule has 2 aromatic rings. The van der Waals surface area contributed by atoms with Gasteiger partial charge >= 0.3 is 0 Å². The van der Waals surface area contributed by atoms with Crippen molar-refractivity contribution in [2.45, 2.75) is 17.2 Å². The van der Waals surface area contributed by atoms with Gasteiger partial charge in [0, 0.05) is 16.5 Å². The molecular formula is C17H16FNOS. The van der Waals surface area contributed by atoms with Gasteiger partial charge in [-0.1, -0.05) is 18.2 Å². The quantitative estimate of drug-likeness (QED) is 0.854. The Morgan fingerprint density at radius 3 is 2.57 bits per heavy atom. The van der Waals surface area contributed by atoms with Crippen molar-refractivity contribution in [3.05, 3.63) is 59.9 Å². The average Bonchev–Trinajstić information content (AvgIpc) is 3.29. The highest BCUT2D eigenvalue weighted by atomic mass is 32.2. The van der Waals surface area contributed by atoms with Gasteiger partial charge in [-0.2, -0.15) is 0 Å². The summed E-state index contributed by atoms with van der Waals surface area (Å²) in [5, 5.41) is 2.90. The van der Waals surface area contributed by atoms with Crippen LogP contribution in [0.15, 0.2) is 53.4 Å². The van der Waals surface area contributed by atoms with Crippen molar-refractivity contribution in [3.8, 4) is 0 Å². The van der Waals surface area contributed by atoms with Gasteiger partial charge in [0.25, 0.3) is 0 Å². The molecule has 0 saturated heterocycles. The molecule has 1 saturated carbocycles. The number of carbonyl (C=O) groups excluding carboxylic acids is 1. The first-order valence-corrected chi connectivity index (χ1v) is 8.11. The van der Waals surface area contributed by atoms with E-state index in [1.54, 1.807) is 23.9 Å². The standard InChI is InChI=1S/C17H16FNOS/c1-21-12-8-6-11(7-9-12)19-17(20)15-10-14(15)13-4-2-3-5-16(13)18/h2-9,14-15H,10H2,1H3,(H,19,20). The highest BCUT2D eigenvalue weighted by Gasteiger charge is 2.45. The Bertz CT molecular complexity index is 656. The van der Waals surface area contributed by atoms with Crippen LogP contribution in [0.5, 0.6) is 0 Å². The summed E-state index contributed by atoms with van der Waals surface area (Å²) in [6.45, 7) is 0. The summed E-state index contributed by atoms with van der Waals surface area (Å²) in [6, 6.07) is 14.4. The average molecular weight is 301 g/mol. The number of rotatable bonds is 4. The fourth-order valence-corrected chi connectivity index (χ4v) is 2.92. The lowest BCUT2D eigenvalue weighted by Gasteiger charge is -2.06. The van der Waals surface area contributed by atoms with Gasteiger partial charge in [0.1, 0.15) is 5.82 Å². The van der Waals surface area contributed by atoms with Crippen LogP contribution in [0, 0.1) is 11.7 Å². The van der Waals surface area contributed by atoms with Crippen molar-refractivity contribution in [1.29, 1.82) is 0 Å². The molecule has 0 aliphatic heterocycles. The zero-order chi connectivity index (χ0) is 14.8. The van der Waals surface area contributed by atoms with Gasteiger partial charge in [0.05, 0.1) is 0 Å². The Balaban J connectivity index is 1.64. The van der Waals surface area contributed by atoms with E-state index in [1.807, 2.05) is 36.6 Å². The summed E-state index contributed by atoms with van der Waals surface area (Å²) in [5.74, 6) is -0.360. The monoisotopic (exact) mass is 301 g/mol. The third-order valence-corrected chi connectivity index (χ3v) is 4.53. The zero-order valence-corrected chi connectivity index (χ0v) is 12.5. The van der Waals surface area contributed by atoms with Crippen molar-refractivity contribution in [1.82, 2.24) is 0 Å². The Labute approximate surface area is 127 Å². The Morgan fingerprint density at radius 2 is 1.90 bits per heavy atom. The number of anilines is 1. The van der Waals surface area contributed by atoms with Gasteiger partial charge in [-0.3, -0.25) is 4.79 Å². The predicted molar refractivity (Wildman–Crippen MR) is 84.1 cm³/mol. The van der Waals surface area contributed by atoms with E-state index in [1.165, 1.54) is 6.07 Å². The second kappa shape index (κ2) is 5.90. The summed E-state index contributed by atoms with van der Waals surface area (Å²) in [6.07, 6.45) is 2.73. The van der Waals surface area contributed by atoms with Crippen LogP contribution in [-0.4, -0.2) is 12.2 Å². The lowest BCUT2D eigenvalue weighted by atomic mass is 10.1. The molecule has 3 rings (SSSR count). The van der Waals surface area contributed by atoms with E-state index < -0.39 is 0 Å². The molecule has 1 N–H and O–H groups in total.